The first kappa shape index (κ1) is 21.9. The fourth-order valence-corrected chi connectivity index (χ4v) is 5.28. The molecule has 1 saturated heterocycles. The number of para-hydroxylation sites is 1. The van der Waals surface area contributed by atoms with Crippen LogP contribution in [0.5, 0.6) is 0 Å². The number of imidazole rings is 1. The maximum atomic E-state index is 13.1. The lowest BCUT2D eigenvalue weighted by atomic mass is 10.3. The van der Waals surface area contributed by atoms with Crippen molar-refractivity contribution in [2.24, 2.45) is 0 Å². The Morgan fingerprint density at radius 3 is 2.38 bits per heavy atom. The molecule has 1 aromatic heterocycles. The van der Waals surface area contributed by atoms with Gasteiger partial charge in [-0.05, 0) is 30.4 Å². The quantitative estimate of drug-likeness (QED) is 0.345. The molecule has 0 saturated carbocycles. The number of piperazine rings is 1. The minimum Gasteiger partial charge on any atom is -0.336 e. The Labute approximate surface area is 188 Å². The Morgan fingerprint density at radius 1 is 1.03 bits per heavy atom. The number of amides is 1. The Morgan fingerprint density at radius 2 is 1.72 bits per heavy atom. The molecule has 2 aromatic carbocycles. The largest absolute Gasteiger partial charge is 0.336 e. The number of aromatic amines is 1. The number of nitrogens with one attached hydrogen (secondary N) is 1. The Balaban J connectivity index is 1.51. The highest BCUT2D eigenvalue weighted by molar-refractivity contribution is 7.89. The standard InChI is InChI=1S/C20H19N5O5S2/c26-19(18-14-21-20(31)24(18)15-5-2-1-3-6-15)22-9-11-23(12-10-22)32(29,30)17-8-4-7-16(13-17)25(27)28/h1-8,13-14H,9-12H2,(H,21,31). The van der Waals surface area contributed by atoms with Crippen molar-refractivity contribution in [3.05, 3.63) is 81.4 Å². The molecule has 0 bridgehead atoms. The van der Waals surface area contributed by atoms with Gasteiger partial charge in [0.15, 0.2) is 4.77 Å². The Kier molecular flexibility index (Phi) is 5.91. The van der Waals surface area contributed by atoms with Gasteiger partial charge in [-0.25, -0.2) is 8.42 Å². The summed E-state index contributed by atoms with van der Waals surface area (Å²) in [4.78, 5) is 27.8. The molecule has 1 aliphatic rings. The van der Waals surface area contributed by atoms with E-state index in [0.717, 1.165) is 11.8 Å². The molecule has 1 aliphatic heterocycles. The normalized spacial score (nSPS) is 14.9. The van der Waals surface area contributed by atoms with E-state index >= 15 is 0 Å². The first-order chi connectivity index (χ1) is 15.3. The van der Waals surface area contributed by atoms with Crippen LogP contribution in [-0.4, -0.2) is 64.2 Å². The first-order valence-electron chi connectivity index (χ1n) is 9.69. The molecule has 2 heterocycles. The second kappa shape index (κ2) is 8.65. The third-order valence-electron chi connectivity index (χ3n) is 5.20. The highest BCUT2D eigenvalue weighted by Crippen LogP contribution is 2.23. The maximum absolute atomic E-state index is 13.1. The molecule has 1 amide bonds. The summed E-state index contributed by atoms with van der Waals surface area (Å²) in [7, 11) is -3.92. The van der Waals surface area contributed by atoms with Crippen LogP contribution in [0, 0.1) is 14.9 Å². The second-order valence-corrected chi connectivity index (χ2v) is 9.43. The van der Waals surface area contributed by atoms with Crippen LogP contribution in [0.15, 0.2) is 65.7 Å². The number of nitro groups is 1. The lowest BCUT2D eigenvalue weighted by molar-refractivity contribution is -0.385. The molecule has 0 aliphatic carbocycles. The third kappa shape index (κ3) is 4.07. The second-order valence-electron chi connectivity index (χ2n) is 7.10. The molecule has 1 fully saturated rings. The van der Waals surface area contributed by atoms with Crippen molar-refractivity contribution in [1.29, 1.82) is 0 Å². The van der Waals surface area contributed by atoms with E-state index in [4.69, 9.17) is 12.2 Å². The van der Waals surface area contributed by atoms with Gasteiger partial charge in [0.1, 0.15) is 5.69 Å². The molecule has 0 spiro atoms. The van der Waals surface area contributed by atoms with Crippen molar-refractivity contribution in [3.63, 3.8) is 0 Å². The molecule has 3 aromatic rings. The highest BCUT2D eigenvalue weighted by Gasteiger charge is 2.32. The predicted molar refractivity (Wildman–Crippen MR) is 119 cm³/mol. The molecular formula is C20H19N5O5S2. The average molecular weight is 474 g/mol. The van der Waals surface area contributed by atoms with Crippen LogP contribution >= 0.6 is 12.2 Å². The molecule has 0 radical (unpaired) electrons. The zero-order valence-electron chi connectivity index (χ0n) is 16.7. The van der Waals surface area contributed by atoms with Crippen LogP contribution in [0.25, 0.3) is 5.69 Å². The molecule has 166 valence electrons. The highest BCUT2D eigenvalue weighted by atomic mass is 32.2. The van der Waals surface area contributed by atoms with Gasteiger partial charge in [-0.2, -0.15) is 4.31 Å². The molecule has 0 unspecified atom stereocenters. The fourth-order valence-electron chi connectivity index (χ4n) is 3.56. The van der Waals surface area contributed by atoms with Crippen LogP contribution < -0.4 is 0 Å². The molecule has 4 rings (SSSR count). The Hall–Kier alpha value is -3.35. The van der Waals surface area contributed by atoms with E-state index in [2.05, 4.69) is 4.98 Å². The van der Waals surface area contributed by atoms with Gasteiger partial charge in [0.05, 0.1) is 9.82 Å². The van der Waals surface area contributed by atoms with E-state index < -0.39 is 14.9 Å². The summed E-state index contributed by atoms with van der Waals surface area (Å²) in [6.45, 7) is 0.514. The van der Waals surface area contributed by atoms with Crippen molar-refractivity contribution in [2.75, 3.05) is 26.2 Å². The van der Waals surface area contributed by atoms with E-state index in [-0.39, 0.29) is 42.7 Å². The molecular weight excluding hydrogens is 454 g/mol. The summed E-state index contributed by atoms with van der Waals surface area (Å²) >= 11 is 5.33. The maximum Gasteiger partial charge on any atom is 0.272 e. The van der Waals surface area contributed by atoms with Crippen molar-refractivity contribution in [1.82, 2.24) is 18.8 Å². The number of H-pyrrole nitrogens is 1. The average Bonchev–Trinajstić information content (AvgIpc) is 3.20. The van der Waals surface area contributed by atoms with Crippen molar-refractivity contribution in [3.8, 4) is 5.69 Å². The number of carbonyl (C=O) groups excluding carboxylic acids is 1. The van der Waals surface area contributed by atoms with Crippen LogP contribution in [0.4, 0.5) is 5.69 Å². The SMILES string of the molecule is O=C(c1c[nH]c(=S)n1-c1ccccc1)N1CCN(S(=O)(=O)c2cccc([N+](=O)[O-])c2)CC1. The van der Waals surface area contributed by atoms with E-state index in [1.807, 2.05) is 30.3 Å². The van der Waals surface area contributed by atoms with E-state index in [1.54, 1.807) is 15.7 Å². The fraction of sp³-hybridized carbons (Fsp3) is 0.200. The molecule has 12 heteroatoms. The number of nitrogens with zero attached hydrogens (tertiary/aromatic N) is 4. The number of carbonyl (C=O) groups is 1. The number of non-ortho nitro benzene ring substituents is 1. The zero-order chi connectivity index (χ0) is 22.9. The topological polar surface area (TPSA) is 122 Å². The monoisotopic (exact) mass is 473 g/mol. The lowest BCUT2D eigenvalue weighted by Gasteiger charge is -2.34. The minimum atomic E-state index is -3.92. The molecule has 0 atom stereocenters. The van der Waals surface area contributed by atoms with Crippen LogP contribution in [0.3, 0.4) is 0 Å². The number of hydrogen-bond acceptors (Lipinski definition) is 6. The lowest BCUT2D eigenvalue weighted by Crippen LogP contribution is -2.50. The van der Waals surface area contributed by atoms with Crippen molar-refractivity contribution >= 4 is 33.8 Å². The number of hydrogen-bond donors (Lipinski definition) is 1. The smallest absolute Gasteiger partial charge is 0.272 e. The van der Waals surface area contributed by atoms with Crippen molar-refractivity contribution in [2.45, 2.75) is 4.90 Å². The number of benzene rings is 2. The van der Waals surface area contributed by atoms with Gasteiger partial charge in [-0.1, -0.05) is 24.3 Å². The van der Waals surface area contributed by atoms with E-state index in [0.29, 0.717) is 10.5 Å². The summed E-state index contributed by atoms with van der Waals surface area (Å²) in [5.41, 5.74) is 0.808. The predicted octanol–water partition coefficient (Wildman–Crippen LogP) is 2.59. The van der Waals surface area contributed by atoms with Gasteiger partial charge in [-0.3, -0.25) is 19.5 Å². The molecule has 1 N–H and O–H groups in total. The van der Waals surface area contributed by atoms with Gasteiger partial charge < -0.3 is 9.88 Å². The summed E-state index contributed by atoms with van der Waals surface area (Å²) in [6.07, 6.45) is 1.55. The van der Waals surface area contributed by atoms with Gasteiger partial charge >= 0.3 is 0 Å². The number of sulfonamides is 1. The summed E-state index contributed by atoms with van der Waals surface area (Å²) in [6, 6.07) is 14.2. The van der Waals surface area contributed by atoms with E-state index in [1.165, 1.54) is 22.5 Å². The first-order valence-corrected chi connectivity index (χ1v) is 11.5. The molecule has 32 heavy (non-hydrogen) atoms. The number of aromatic nitrogens is 2. The zero-order valence-corrected chi connectivity index (χ0v) is 18.4. The number of nitro benzene ring substituents is 1. The van der Waals surface area contributed by atoms with Crippen LogP contribution in [0.2, 0.25) is 0 Å². The van der Waals surface area contributed by atoms with Gasteiger partial charge in [0, 0.05) is 50.2 Å². The van der Waals surface area contributed by atoms with Gasteiger partial charge in [-0.15, -0.1) is 0 Å². The minimum absolute atomic E-state index is 0.0766. The van der Waals surface area contributed by atoms with E-state index in [9.17, 15) is 23.3 Å². The third-order valence-corrected chi connectivity index (χ3v) is 7.40. The summed E-state index contributed by atoms with van der Waals surface area (Å²) in [5, 5.41) is 11.0. The van der Waals surface area contributed by atoms with Crippen LogP contribution in [-0.2, 0) is 10.0 Å². The van der Waals surface area contributed by atoms with Crippen LogP contribution in [0.1, 0.15) is 10.5 Å². The number of rotatable bonds is 5. The van der Waals surface area contributed by atoms with Gasteiger partial charge in [0.25, 0.3) is 11.6 Å². The Bertz CT molecular complexity index is 1330. The molecule has 10 nitrogen and oxygen atoms in total. The summed E-state index contributed by atoms with van der Waals surface area (Å²) in [5.74, 6) is -0.270. The van der Waals surface area contributed by atoms with Gasteiger partial charge in [0.2, 0.25) is 10.0 Å². The van der Waals surface area contributed by atoms with Crippen molar-refractivity contribution < 1.29 is 18.1 Å². The summed E-state index contributed by atoms with van der Waals surface area (Å²) < 4.78 is 29.1.